The molecule has 30 heavy (non-hydrogen) atoms. The Morgan fingerprint density at radius 3 is 2.57 bits per heavy atom. The molecule has 0 aliphatic rings. The van der Waals surface area contributed by atoms with Crippen molar-refractivity contribution < 1.29 is 23.6 Å². The number of carbonyl (C=O) groups excluding carboxylic acids is 1. The van der Waals surface area contributed by atoms with E-state index in [1.165, 1.54) is 31.3 Å². The van der Waals surface area contributed by atoms with Crippen LogP contribution < -0.4 is 9.47 Å². The average molecular weight is 412 g/mol. The second-order valence-electron chi connectivity index (χ2n) is 6.44. The van der Waals surface area contributed by atoms with Crippen LogP contribution in [0.1, 0.15) is 21.8 Å². The summed E-state index contributed by atoms with van der Waals surface area (Å²) in [5.74, 6) is 1.18. The van der Waals surface area contributed by atoms with Crippen LogP contribution in [-0.2, 0) is 6.54 Å². The molecule has 156 valence electrons. The minimum atomic E-state index is -0.514. The number of benzene rings is 2. The molecule has 0 aliphatic carbocycles. The lowest BCUT2D eigenvalue weighted by Crippen LogP contribution is -2.27. The predicted octanol–water partition coefficient (Wildman–Crippen LogP) is 3.24. The van der Waals surface area contributed by atoms with Crippen molar-refractivity contribution in [1.29, 1.82) is 0 Å². The molecular weight excluding hydrogens is 392 g/mol. The van der Waals surface area contributed by atoms with Gasteiger partial charge in [0.15, 0.2) is 11.5 Å². The van der Waals surface area contributed by atoms with Crippen LogP contribution in [0.2, 0.25) is 0 Å². The van der Waals surface area contributed by atoms with Gasteiger partial charge in [0.2, 0.25) is 11.8 Å². The molecule has 0 fully saturated rings. The highest BCUT2D eigenvalue weighted by Crippen LogP contribution is 2.32. The second-order valence-corrected chi connectivity index (χ2v) is 6.44. The van der Waals surface area contributed by atoms with Crippen LogP contribution in [0.5, 0.6) is 11.5 Å². The lowest BCUT2D eigenvalue weighted by Gasteiger charge is -2.16. The van der Waals surface area contributed by atoms with E-state index < -0.39 is 4.92 Å². The van der Waals surface area contributed by atoms with Gasteiger partial charge in [-0.25, -0.2) is 0 Å². The molecule has 0 atom stereocenters. The molecule has 0 spiro atoms. The number of amides is 1. The summed E-state index contributed by atoms with van der Waals surface area (Å²) in [7, 11) is 4.62. The Kier molecular flexibility index (Phi) is 5.95. The van der Waals surface area contributed by atoms with E-state index in [-0.39, 0.29) is 35.5 Å². The predicted molar refractivity (Wildman–Crippen MR) is 106 cm³/mol. The molecule has 2 aromatic carbocycles. The number of carbonyl (C=O) groups is 1. The third-order valence-electron chi connectivity index (χ3n) is 4.55. The molecule has 3 aromatic rings. The van der Waals surface area contributed by atoms with Gasteiger partial charge in [0.25, 0.3) is 11.6 Å². The maximum Gasteiger partial charge on any atom is 0.273 e. The van der Waals surface area contributed by atoms with E-state index in [1.54, 1.807) is 38.2 Å². The van der Waals surface area contributed by atoms with Crippen LogP contribution in [0.25, 0.3) is 11.5 Å². The minimum absolute atomic E-state index is 0.0429. The van der Waals surface area contributed by atoms with Gasteiger partial charge in [-0.1, -0.05) is 6.07 Å². The molecule has 10 nitrogen and oxygen atoms in total. The largest absolute Gasteiger partial charge is 0.493 e. The van der Waals surface area contributed by atoms with E-state index in [0.717, 1.165) is 0 Å². The lowest BCUT2D eigenvalue weighted by atomic mass is 10.1. The Bertz CT molecular complexity index is 1090. The summed E-state index contributed by atoms with van der Waals surface area (Å²) < 4.78 is 16.2. The van der Waals surface area contributed by atoms with Crippen molar-refractivity contribution in [2.75, 3.05) is 21.3 Å². The molecule has 0 N–H and O–H groups in total. The van der Waals surface area contributed by atoms with Crippen LogP contribution in [0.15, 0.2) is 40.8 Å². The summed E-state index contributed by atoms with van der Waals surface area (Å²) in [6.07, 6.45) is 0. The fraction of sp³-hybridized carbons (Fsp3) is 0.250. The van der Waals surface area contributed by atoms with Crippen molar-refractivity contribution in [2.24, 2.45) is 0 Å². The van der Waals surface area contributed by atoms with Gasteiger partial charge in [0, 0.05) is 29.8 Å². The van der Waals surface area contributed by atoms with Gasteiger partial charge in [0.1, 0.15) is 0 Å². The number of aromatic nitrogens is 2. The smallest absolute Gasteiger partial charge is 0.273 e. The van der Waals surface area contributed by atoms with E-state index in [4.69, 9.17) is 13.9 Å². The Hall–Kier alpha value is -3.95. The standard InChI is InChI=1S/C20H20N4O6/c1-12-14(6-5-7-15(12)24(26)27)20(25)23(2)11-18-21-22-19(30-18)13-8-9-16(28-3)17(10-13)29-4/h5-10H,11H2,1-4H3. The average Bonchev–Trinajstić information content (AvgIpc) is 3.21. The first-order valence-corrected chi connectivity index (χ1v) is 8.90. The third kappa shape index (κ3) is 4.07. The zero-order chi connectivity index (χ0) is 21.8. The van der Waals surface area contributed by atoms with E-state index in [1.807, 2.05) is 0 Å². The molecule has 0 bridgehead atoms. The Labute approximate surface area is 172 Å². The molecular formula is C20H20N4O6. The minimum Gasteiger partial charge on any atom is -0.493 e. The van der Waals surface area contributed by atoms with Gasteiger partial charge >= 0.3 is 0 Å². The van der Waals surface area contributed by atoms with Crippen LogP contribution in [0.3, 0.4) is 0 Å². The highest BCUT2D eigenvalue weighted by atomic mass is 16.6. The molecule has 0 radical (unpaired) electrons. The Morgan fingerprint density at radius 1 is 1.17 bits per heavy atom. The first-order valence-electron chi connectivity index (χ1n) is 8.90. The van der Waals surface area contributed by atoms with Crippen molar-refractivity contribution in [3.8, 4) is 23.0 Å². The third-order valence-corrected chi connectivity index (χ3v) is 4.55. The summed E-state index contributed by atoms with van der Waals surface area (Å²) in [6.45, 7) is 1.59. The highest BCUT2D eigenvalue weighted by molar-refractivity contribution is 5.96. The highest BCUT2D eigenvalue weighted by Gasteiger charge is 2.22. The number of hydrogen-bond acceptors (Lipinski definition) is 8. The summed E-state index contributed by atoms with van der Waals surface area (Å²) in [6, 6.07) is 9.56. The summed E-state index contributed by atoms with van der Waals surface area (Å²) in [5.41, 5.74) is 1.07. The zero-order valence-corrected chi connectivity index (χ0v) is 16.9. The van der Waals surface area contributed by atoms with Crippen LogP contribution in [-0.4, -0.2) is 47.2 Å². The number of nitro benzene ring substituents is 1. The molecule has 0 aliphatic heterocycles. The van der Waals surface area contributed by atoms with Crippen molar-refractivity contribution in [1.82, 2.24) is 15.1 Å². The summed E-state index contributed by atoms with van der Waals surface area (Å²) in [4.78, 5) is 24.7. The SMILES string of the molecule is COc1ccc(-c2nnc(CN(C)C(=O)c3cccc([N+](=O)[O-])c3C)o2)cc1OC. The zero-order valence-electron chi connectivity index (χ0n) is 16.9. The van der Waals surface area contributed by atoms with E-state index in [0.29, 0.717) is 22.6 Å². The maximum absolute atomic E-state index is 12.8. The van der Waals surface area contributed by atoms with Crippen molar-refractivity contribution in [3.63, 3.8) is 0 Å². The number of nitrogens with zero attached hydrogens (tertiary/aromatic N) is 4. The normalized spacial score (nSPS) is 10.5. The van der Waals surface area contributed by atoms with Gasteiger partial charge in [0.05, 0.1) is 25.7 Å². The van der Waals surface area contributed by atoms with Crippen molar-refractivity contribution in [2.45, 2.75) is 13.5 Å². The fourth-order valence-electron chi connectivity index (χ4n) is 2.94. The summed E-state index contributed by atoms with van der Waals surface area (Å²) >= 11 is 0. The molecule has 1 amide bonds. The topological polar surface area (TPSA) is 121 Å². The van der Waals surface area contributed by atoms with Gasteiger partial charge in [-0.2, -0.15) is 0 Å². The van der Waals surface area contributed by atoms with Gasteiger partial charge in [-0.15, -0.1) is 10.2 Å². The number of hydrogen-bond donors (Lipinski definition) is 0. The molecule has 0 saturated heterocycles. The van der Waals surface area contributed by atoms with Crippen LogP contribution in [0.4, 0.5) is 5.69 Å². The first-order chi connectivity index (χ1) is 14.3. The van der Waals surface area contributed by atoms with E-state index in [9.17, 15) is 14.9 Å². The number of ether oxygens (including phenoxy) is 2. The second kappa shape index (κ2) is 8.60. The van der Waals surface area contributed by atoms with Gasteiger partial charge in [-0.3, -0.25) is 14.9 Å². The molecule has 1 aromatic heterocycles. The van der Waals surface area contributed by atoms with Crippen molar-refractivity contribution in [3.05, 3.63) is 63.5 Å². The quantitative estimate of drug-likeness (QED) is 0.428. The summed E-state index contributed by atoms with van der Waals surface area (Å²) in [5, 5.41) is 19.1. The number of nitro groups is 1. The molecule has 10 heteroatoms. The molecule has 0 saturated carbocycles. The van der Waals surface area contributed by atoms with Crippen molar-refractivity contribution >= 4 is 11.6 Å². The Morgan fingerprint density at radius 2 is 1.90 bits per heavy atom. The Balaban J connectivity index is 1.78. The fourth-order valence-corrected chi connectivity index (χ4v) is 2.94. The molecule has 0 unspecified atom stereocenters. The number of rotatable bonds is 7. The number of methoxy groups -OCH3 is 2. The van der Waals surface area contributed by atoms with E-state index in [2.05, 4.69) is 10.2 Å². The van der Waals surface area contributed by atoms with Gasteiger partial charge in [-0.05, 0) is 31.2 Å². The molecule has 1 heterocycles. The maximum atomic E-state index is 12.8. The lowest BCUT2D eigenvalue weighted by molar-refractivity contribution is -0.385. The first kappa shape index (κ1) is 20.8. The van der Waals surface area contributed by atoms with Crippen LogP contribution >= 0.6 is 0 Å². The molecule has 3 rings (SSSR count). The van der Waals surface area contributed by atoms with Gasteiger partial charge < -0.3 is 18.8 Å². The monoisotopic (exact) mass is 412 g/mol. The van der Waals surface area contributed by atoms with E-state index >= 15 is 0 Å². The van der Waals surface area contributed by atoms with Crippen LogP contribution in [0, 0.1) is 17.0 Å².